The molecule has 22 heavy (non-hydrogen) atoms. The minimum atomic E-state index is -0.367. The summed E-state index contributed by atoms with van der Waals surface area (Å²) in [5.41, 5.74) is 9.37. The number of benzene rings is 2. The summed E-state index contributed by atoms with van der Waals surface area (Å²) in [6, 6.07) is 11.2. The van der Waals surface area contributed by atoms with Crippen LogP contribution in [0.25, 0.3) is 0 Å². The van der Waals surface area contributed by atoms with E-state index in [4.69, 9.17) is 10.5 Å². The maximum absolute atomic E-state index is 11.8. The zero-order chi connectivity index (χ0) is 15.2. The van der Waals surface area contributed by atoms with Crippen molar-refractivity contribution in [1.29, 1.82) is 0 Å². The lowest BCUT2D eigenvalue weighted by atomic mass is 10.2. The van der Waals surface area contributed by atoms with Crippen LogP contribution in [0.1, 0.15) is 15.9 Å². The van der Waals surface area contributed by atoms with Crippen LogP contribution in [0.5, 0.6) is 11.5 Å². The van der Waals surface area contributed by atoms with E-state index >= 15 is 0 Å². The first-order valence-electron chi connectivity index (χ1n) is 6.16. The molecule has 0 aromatic heterocycles. The summed E-state index contributed by atoms with van der Waals surface area (Å²) < 4.78 is 5.05. The predicted molar refractivity (Wildman–Crippen MR) is 84.2 cm³/mol. The average Bonchev–Trinajstić information content (AvgIpc) is 2.49. The summed E-state index contributed by atoms with van der Waals surface area (Å²) in [6.45, 7) is 0. The second-order valence-corrected chi connectivity index (χ2v) is 4.25. The minimum absolute atomic E-state index is 0. The van der Waals surface area contributed by atoms with Gasteiger partial charge in [0.05, 0.1) is 13.3 Å². The molecule has 116 valence electrons. The van der Waals surface area contributed by atoms with Crippen molar-refractivity contribution in [3.05, 3.63) is 53.6 Å². The summed E-state index contributed by atoms with van der Waals surface area (Å²) >= 11 is 0. The van der Waals surface area contributed by atoms with Gasteiger partial charge in [-0.2, -0.15) is 5.10 Å². The van der Waals surface area contributed by atoms with Crippen molar-refractivity contribution in [1.82, 2.24) is 5.43 Å². The van der Waals surface area contributed by atoms with Gasteiger partial charge in [-0.25, -0.2) is 5.43 Å². The van der Waals surface area contributed by atoms with E-state index in [2.05, 4.69) is 10.5 Å². The van der Waals surface area contributed by atoms with Crippen LogP contribution in [0.15, 0.2) is 47.6 Å². The molecule has 0 saturated carbocycles. The number of nitrogens with zero attached hydrogens (tertiary/aromatic N) is 1. The summed E-state index contributed by atoms with van der Waals surface area (Å²) in [6.07, 6.45) is 1.34. The number of nitrogen functional groups attached to an aromatic ring is 1. The molecule has 0 heterocycles. The number of carbonyl (C=O) groups excluding carboxylic acids is 1. The standard InChI is InChI=1S/C15H15N3O3.H2O/c1-21-13-6-7-14(19)11(8-13)9-17-18-15(20)10-2-4-12(16)5-3-10;/h2-9,19H,16H2,1H3,(H,18,20);1H2/b17-9+;. The van der Waals surface area contributed by atoms with E-state index in [-0.39, 0.29) is 17.1 Å². The SMILES string of the molecule is COc1ccc(O)c(/C=N/NC(=O)c2ccc(N)cc2)c1.O. The van der Waals surface area contributed by atoms with Gasteiger partial charge in [0.2, 0.25) is 0 Å². The van der Waals surface area contributed by atoms with E-state index in [9.17, 15) is 9.90 Å². The van der Waals surface area contributed by atoms with Crippen LogP contribution in [0.3, 0.4) is 0 Å². The molecule has 0 spiro atoms. The molecular formula is C15H17N3O4. The Kier molecular flexibility index (Phi) is 5.91. The van der Waals surface area contributed by atoms with Crippen LogP contribution in [-0.2, 0) is 0 Å². The van der Waals surface area contributed by atoms with Crippen LogP contribution >= 0.6 is 0 Å². The maximum atomic E-state index is 11.8. The predicted octanol–water partition coefficient (Wildman–Crippen LogP) is 0.922. The molecule has 0 saturated heterocycles. The van der Waals surface area contributed by atoms with Gasteiger partial charge in [0.15, 0.2) is 0 Å². The molecule has 7 nitrogen and oxygen atoms in total. The average molecular weight is 303 g/mol. The van der Waals surface area contributed by atoms with Crippen molar-refractivity contribution in [2.45, 2.75) is 0 Å². The minimum Gasteiger partial charge on any atom is -0.507 e. The molecule has 0 fully saturated rings. The fourth-order valence-corrected chi connectivity index (χ4v) is 1.62. The van der Waals surface area contributed by atoms with Crippen LogP contribution in [-0.4, -0.2) is 29.8 Å². The molecule has 0 aliphatic heterocycles. The highest BCUT2D eigenvalue weighted by molar-refractivity contribution is 5.95. The number of hydrogen-bond donors (Lipinski definition) is 3. The fraction of sp³-hybridized carbons (Fsp3) is 0.0667. The highest BCUT2D eigenvalue weighted by Gasteiger charge is 2.04. The van der Waals surface area contributed by atoms with Crippen LogP contribution in [0, 0.1) is 0 Å². The van der Waals surface area contributed by atoms with Gasteiger partial charge in [0.25, 0.3) is 5.91 Å². The highest BCUT2D eigenvalue weighted by atomic mass is 16.5. The Bertz CT molecular complexity index is 669. The van der Waals surface area contributed by atoms with Gasteiger partial charge in [0.1, 0.15) is 11.5 Å². The van der Waals surface area contributed by atoms with Gasteiger partial charge in [-0.1, -0.05) is 0 Å². The van der Waals surface area contributed by atoms with E-state index in [0.717, 1.165) is 0 Å². The number of hydrogen-bond acceptors (Lipinski definition) is 5. The first-order valence-corrected chi connectivity index (χ1v) is 6.16. The molecule has 7 heteroatoms. The van der Waals surface area contributed by atoms with E-state index in [1.807, 2.05) is 0 Å². The summed E-state index contributed by atoms with van der Waals surface area (Å²) in [5, 5.41) is 13.5. The Labute approximate surface area is 127 Å². The largest absolute Gasteiger partial charge is 0.507 e. The van der Waals surface area contributed by atoms with Crippen molar-refractivity contribution >= 4 is 17.8 Å². The molecule has 1 amide bonds. The van der Waals surface area contributed by atoms with Crippen molar-refractivity contribution in [2.75, 3.05) is 12.8 Å². The number of ether oxygens (including phenoxy) is 1. The number of phenols is 1. The molecular weight excluding hydrogens is 286 g/mol. The number of nitrogens with two attached hydrogens (primary N) is 1. The molecule has 2 aromatic carbocycles. The molecule has 0 radical (unpaired) electrons. The number of amides is 1. The first kappa shape index (κ1) is 17.0. The lowest BCUT2D eigenvalue weighted by Gasteiger charge is -2.03. The van der Waals surface area contributed by atoms with Gasteiger partial charge < -0.3 is 21.1 Å². The summed E-state index contributed by atoms with van der Waals surface area (Å²) in [5.74, 6) is 0.258. The Hall–Kier alpha value is -3.06. The van der Waals surface area contributed by atoms with Gasteiger partial charge in [-0.15, -0.1) is 0 Å². The van der Waals surface area contributed by atoms with E-state index in [1.165, 1.54) is 19.4 Å². The van der Waals surface area contributed by atoms with Crippen molar-refractivity contribution in [3.8, 4) is 11.5 Å². The number of nitrogens with one attached hydrogen (secondary N) is 1. The normalized spacial score (nSPS) is 10.0. The van der Waals surface area contributed by atoms with Crippen molar-refractivity contribution in [2.24, 2.45) is 5.10 Å². The number of rotatable bonds is 4. The Balaban J connectivity index is 0.00000242. The van der Waals surface area contributed by atoms with Crippen LogP contribution in [0.2, 0.25) is 0 Å². The molecule has 6 N–H and O–H groups in total. The molecule has 0 unspecified atom stereocenters. The number of aromatic hydroxyl groups is 1. The summed E-state index contributed by atoms with van der Waals surface area (Å²) in [7, 11) is 1.52. The third kappa shape index (κ3) is 4.22. The number of phenolic OH excluding ortho intramolecular Hbond substituents is 1. The second kappa shape index (κ2) is 7.65. The van der Waals surface area contributed by atoms with E-state index in [0.29, 0.717) is 22.6 Å². The number of anilines is 1. The van der Waals surface area contributed by atoms with Gasteiger partial charge in [-0.05, 0) is 42.5 Å². The molecule has 2 rings (SSSR count). The molecule has 2 aromatic rings. The molecule has 0 aliphatic carbocycles. The lowest BCUT2D eigenvalue weighted by Crippen LogP contribution is -2.17. The molecule has 0 atom stereocenters. The number of methoxy groups -OCH3 is 1. The van der Waals surface area contributed by atoms with Crippen molar-refractivity contribution in [3.63, 3.8) is 0 Å². The Morgan fingerprint density at radius 1 is 1.27 bits per heavy atom. The molecule has 0 aliphatic rings. The van der Waals surface area contributed by atoms with Crippen molar-refractivity contribution < 1.29 is 20.1 Å². The fourth-order valence-electron chi connectivity index (χ4n) is 1.62. The molecule has 0 bridgehead atoms. The van der Waals surface area contributed by atoms with Crippen LogP contribution in [0.4, 0.5) is 5.69 Å². The lowest BCUT2D eigenvalue weighted by molar-refractivity contribution is 0.0955. The number of hydrazone groups is 1. The topological polar surface area (TPSA) is 128 Å². The zero-order valence-corrected chi connectivity index (χ0v) is 11.9. The van der Waals surface area contributed by atoms with Gasteiger partial charge in [0, 0.05) is 16.8 Å². The Morgan fingerprint density at radius 2 is 1.95 bits per heavy atom. The monoisotopic (exact) mass is 303 g/mol. The van der Waals surface area contributed by atoms with Gasteiger partial charge >= 0.3 is 0 Å². The highest BCUT2D eigenvalue weighted by Crippen LogP contribution is 2.20. The zero-order valence-electron chi connectivity index (χ0n) is 11.9. The third-order valence-corrected chi connectivity index (χ3v) is 2.78. The maximum Gasteiger partial charge on any atom is 0.271 e. The summed E-state index contributed by atoms with van der Waals surface area (Å²) in [4.78, 5) is 11.8. The van der Waals surface area contributed by atoms with E-state index in [1.54, 1.807) is 36.4 Å². The Morgan fingerprint density at radius 3 is 2.59 bits per heavy atom. The quantitative estimate of drug-likeness (QED) is 0.440. The smallest absolute Gasteiger partial charge is 0.271 e. The third-order valence-electron chi connectivity index (χ3n) is 2.78. The number of carbonyl (C=O) groups is 1. The second-order valence-electron chi connectivity index (χ2n) is 4.25. The van der Waals surface area contributed by atoms with E-state index < -0.39 is 0 Å². The van der Waals surface area contributed by atoms with Crippen LogP contribution < -0.4 is 15.9 Å². The van der Waals surface area contributed by atoms with Gasteiger partial charge in [-0.3, -0.25) is 4.79 Å². The first-order chi connectivity index (χ1) is 10.1.